The van der Waals surface area contributed by atoms with Crippen LogP contribution in [0.15, 0.2) is 41.2 Å². The number of anilines is 1. The van der Waals surface area contributed by atoms with E-state index >= 15 is 0 Å². The zero-order valence-corrected chi connectivity index (χ0v) is 14.6. The molecular weight excluding hydrogens is 391 g/mol. The van der Waals surface area contributed by atoms with Gasteiger partial charge in [0.05, 0.1) is 15.5 Å². The van der Waals surface area contributed by atoms with E-state index in [4.69, 9.17) is 11.6 Å². The Labute approximate surface area is 154 Å². The van der Waals surface area contributed by atoms with Crippen LogP contribution in [0.5, 0.6) is 0 Å². The number of Topliss-reactive ketones (excluding diaryl/α,β-unsaturated/α-hetero) is 2. The summed E-state index contributed by atoms with van der Waals surface area (Å²) in [6.45, 7) is 0. The Morgan fingerprint density at radius 3 is 2.27 bits per heavy atom. The fourth-order valence-electron chi connectivity index (χ4n) is 2.39. The Morgan fingerprint density at radius 1 is 1.08 bits per heavy atom. The summed E-state index contributed by atoms with van der Waals surface area (Å²) in [5.74, 6) is -1.15. The van der Waals surface area contributed by atoms with Crippen LogP contribution in [0.4, 0.5) is 18.9 Å². The number of hydrogen-bond acceptors (Lipinski definition) is 6. The fourth-order valence-corrected chi connectivity index (χ4v) is 3.24. The predicted octanol–water partition coefficient (Wildman–Crippen LogP) is 4.21. The van der Waals surface area contributed by atoms with Crippen LogP contribution in [-0.4, -0.2) is 27.8 Å². The minimum absolute atomic E-state index is 0.0308. The molecule has 1 N–H and O–H groups in total. The summed E-state index contributed by atoms with van der Waals surface area (Å²) in [6.07, 6.45) is -0.534. The van der Waals surface area contributed by atoms with Crippen LogP contribution in [-0.2, 0) is 6.18 Å². The van der Waals surface area contributed by atoms with Gasteiger partial charge in [-0.05, 0) is 24.5 Å². The predicted molar refractivity (Wildman–Crippen MR) is 91.3 cm³/mol. The van der Waals surface area contributed by atoms with Crippen LogP contribution in [0, 0.1) is 0 Å². The third-order valence-corrected chi connectivity index (χ3v) is 4.66. The quantitative estimate of drug-likeness (QED) is 0.833. The Kier molecular flexibility index (Phi) is 4.76. The van der Waals surface area contributed by atoms with Gasteiger partial charge in [-0.15, -0.1) is 11.8 Å². The van der Waals surface area contributed by atoms with Crippen molar-refractivity contribution in [2.24, 2.45) is 0 Å². The van der Waals surface area contributed by atoms with Crippen molar-refractivity contribution in [3.8, 4) is 0 Å². The molecule has 134 valence electrons. The largest absolute Gasteiger partial charge is 0.417 e. The molecule has 1 heterocycles. The van der Waals surface area contributed by atoms with Crippen molar-refractivity contribution in [2.75, 3.05) is 11.6 Å². The first kappa shape index (κ1) is 18.4. The normalized spacial score (nSPS) is 14.5. The number of nitrogens with one attached hydrogen (secondary N) is 1. The molecule has 0 atom stereocenters. The van der Waals surface area contributed by atoms with Gasteiger partial charge in [0.15, 0.2) is 0 Å². The van der Waals surface area contributed by atoms with Gasteiger partial charge in [0, 0.05) is 18.1 Å². The van der Waals surface area contributed by atoms with Crippen molar-refractivity contribution >= 4 is 40.6 Å². The highest BCUT2D eigenvalue weighted by atomic mass is 35.5. The van der Waals surface area contributed by atoms with E-state index in [1.807, 2.05) is 0 Å². The highest BCUT2D eigenvalue weighted by molar-refractivity contribution is 8.03. The number of hydrogen-bond donors (Lipinski definition) is 1. The number of carbonyl (C=O) groups is 2. The number of thioether (sulfide) groups is 1. The second kappa shape index (κ2) is 6.73. The molecule has 0 saturated heterocycles. The molecule has 26 heavy (non-hydrogen) atoms. The first-order chi connectivity index (χ1) is 12.2. The van der Waals surface area contributed by atoms with Crippen LogP contribution in [0.3, 0.4) is 0 Å². The van der Waals surface area contributed by atoms with Crippen LogP contribution in [0.2, 0.25) is 5.02 Å². The lowest BCUT2D eigenvalue weighted by atomic mass is 10.0. The van der Waals surface area contributed by atoms with Crippen molar-refractivity contribution in [1.29, 1.82) is 0 Å². The number of carbonyl (C=O) groups excluding carboxylic acids is 2. The van der Waals surface area contributed by atoms with Crippen molar-refractivity contribution in [2.45, 2.75) is 6.18 Å². The van der Waals surface area contributed by atoms with E-state index < -0.39 is 28.3 Å². The van der Waals surface area contributed by atoms with Gasteiger partial charge in [-0.25, -0.2) is 9.97 Å². The average Bonchev–Trinajstić information content (AvgIpc) is 2.60. The van der Waals surface area contributed by atoms with Gasteiger partial charge < -0.3 is 5.32 Å². The number of aromatic nitrogens is 2. The molecule has 0 aliphatic heterocycles. The molecule has 1 aliphatic rings. The Morgan fingerprint density at radius 2 is 1.69 bits per heavy atom. The third kappa shape index (κ3) is 3.19. The molecule has 0 spiro atoms. The maximum atomic E-state index is 13.0. The van der Waals surface area contributed by atoms with Gasteiger partial charge in [0.2, 0.25) is 11.6 Å². The van der Waals surface area contributed by atoms with Gasteiger partial charge in [-0.3, -0.25) is 9.59 Å². The van der Waals surface area contributed by atoms with E-state index in [0.717, 1.165) is 23.9 Å². The number of fused-ring (bicyclic) bond motifs is 1. The van der Waals surface area contributed by atoms with Crippen LogP contribution in [0.25, 0.3) is 0 Å². The minimum Gasteiger partial charge on any atom is -0.351 e. The summed E-state index contributed by atoms with van der Waals surface area (Å²) in [4.78, 5) is 32.9. The van der Waals surface area contributed by atoms with Crippen molar-refractivity contribution in [1.82, 2.24) is 9.97 Å². The number of ketones is 2. The average molecular weight is 400 g/mol. The zero-order valence-electron chi connectivity index (χ0n) is 13.0. The summed E-state index contributed by atoms with van der Waals surface area (Å²) < 4.78 is 39.1. The van der Waals surface area contributed by atoms with Gasteiger partial charge >= 0.3 is 6.18 Å². The second-order valence-electron chi connectivity index (χ2n) is 5.14. The van der Waals surface area contributed by atoms with E-state index in [2.05, 4.69) is 15.3 Å². The number of halogens is 4. The summed E-state index contributed by atoms with van der Waals surface area (Å²) in [5.41, 5.74) is -1.46. The second-order valence-corrected chi connectivity index (χ2v) is 6.36. The molecule has 0 fully saturated rings. The molecule has 1 aliphatic carbocycles. The van der Waals surface area contributed by atoms with Crippen molar-refractivity contribution < 1.29 is 22.8 Å². The summed E-state index contributed by atoms with van der Waals surface area (Å²) in [7, 11) is 0. The maximum Gasteiger partial charge on any atom is 0.417 e. The smallest absolute Gasteiger partial charge is 0.351 e. The maximum absolute atomic E-state index is 13.0. The van der Waals surface area contributed by atoms with E-state index in [-0.39, 0.29) is 27.7 Å². The van der Waals surface area contributed by atoms with Gasteiger partial charge in [-0.1, -0.05) is 11.6 Å². The SMILES string of the molecule is CSC1=C(Nc2ccc(Cl)c(C(F)(F)F)c2)C(=O)c2nccnc2C1=O. The van der Waals surface area contributed by atoms with Crippen molar-refractivity contribution in [3.05, 3.63) is 63.2 Å². The number of alkyl halides is 3. The number of allylic oxidation sites excluding steroid dienone is 2. The van der Waals surface area contributed by atoms with Gasteiger partial charge in [0.25, 0.3) is 0 Å². The summed E-state index contributed by atoms with van der Waals surface area (Å²) in [5, 5.41) is 2.14. The highest BCUT2D eigenvalue weighted by Crippen LogP contribution is 2.37. The molecular formula is C16H9ClF3N3O2S. The van der Waals surface area contributed by atoms with E-state index in [1.54, 1.807) is 6.26 Å². The summed E-state index contributed by atoms with van der Waals surface area (Å²) in [6, 6.07) is 3.12. The third-order valence-electron chi connectivity index (χ3n) is 3.53. The molecule has 1 aromatic carbocycles. The number of nitrogens with zero attached hydrogens (tertiary/aromatic N) is 2. The molecule has 1 aromatic heterocycles. The van der Waals surface area contributed by atoms with E-state index in [9.17, 15) is 22.8 Å². The first-order valence-corrected chi connectivity index (χ1v) is 8.66. The van der Waals surface area contributed by atoms with E-state index in [1.165, 1.54) is 18.5 Å². The molecule has 0 saturated carbocycles. The number of benzene rings is 1. The molecule has 3 rings (SSSR count). The molecule has 5 nitrogen and oxygen atoms in total. The lowest BCUT2D eigenvalue weighted by molar-refractivity contribution is -0.137. The molecule has 2 aromatic rings. The fraction of sp³-hybridized carbons (Fsp3) is 0.125. The molecule has 0 unspecified atom stereocenters. The van der Waals surface area contributed by atoms with Gasteiger partial charge in [-0.2, -0.15) is 13.2 Å². The first-order valence-electron chi connectivity index (χ1n) is 7.06. The Bertz CT molecular complexity index is 960. The molecule has 10 heteroatoms. The topological polar surface area (TPSA) is 72.0 Å². The Balaban J connectivity index is 2.07. The minimum atomic E-state index is -4.66. The number of rotatable bonds is 3. The standard InChI is InChI=1S/C16H9ClF3N3O2S/c1-26-15-12(13(24)10-11(14(15)25)22-5-4-21-10)23-7-2-3-9(17)8(6-7)16(18,19)20/h2-6,23H,1H3. The van der Waals surface area contributed by atoms with Crippen molar-refractivity contribution in [3.63, 3.8) is 0 Å². The Hall–Kier alpha value is -2.39. The van der Waals surface area contributed by atoms with Gasteiger partial charge in [0.1, 0.15) is 17.1 Å². The summed E-state index contributed by atoms with van der Waals surface area (Å²) >= 11 is 6.59. The van der Waals surface area contributed by atoms with E-state index in [0.29, 0.717) is 0 Å². The highest BCUT2D eigenvalue weighted by Gasteiger charge is 2.36. The van der Waals surface area contributed by atoms with Crippen LogP contribution >= 0.6 is 23.4 Å². The lowest BCUT2D eigenvalue weighted by Gasteiger charge is -2.20. The molecule has 0 amide bonds. The van der Waals surface area contributed by atoms with Crippen LogP contribution in [0.1, 0.15) is 26.5 Å². The molecule has 0 bridgehead atoms. The molecule has 0 radical (unpaired) electrons. The zero-order chi connectivity index (χ0) is 19.1. The monoisotopic (exact) mass is 399 g/mol. The van der Waals surface area contributed by atoms with Crippen LogP contribution < -0.4 is 5.32 Å². The lowest BCUT2D eigenvalue weighted by Crippen LogP contribution is -2.27.